The molecule has 92 valence electrons. The molecule has 16 heavy (non-hydrogen) atoms. The summed E-state index contributed by atoms with van der Waals surface area (Å²) in [7, 11) is 1.31. The molecule has 5 heteroatoms. The zero-order chi connectivity index (χ0) is 12.2. The van der Waals surface area contributed by atoms with Crippen LogP contribution in [0.3, 0.4) is 0 Å². The summed E-state index contributed by atoms with van der Waals surface area (Å²) >= 11 is 0. The second-order valence-electron chi connectivity index (χ2n) is 4.56. The number of carbonyl (C=O) groups is 2. The maximum Gasteiger partial charge on any atom is 0.328 e. The second kappa shape index (κ2) is 5.30. The summed E-state index contributed by atoms with van der Waals surface area (Å²) in [6, 6.07) is -0.587. The number of piperidine rings is 1. The molecule has 0 aromatic heterocycles. The highest BCUT2D eigenvalue weighted by molar-refractivity contribution is 5.87. The molecular weight excluding hydrogens is 208 g/mol. The Kier molecular flexibility index (Phi) is 4.29. The van der Waals surface area contributed by atoms with Crippen LogP contribution in [0.25, 0.3) is 0 Å². The van der Waals surface area contributed by atoms with Crippen molar-refractivity contribution < 1.29 is 14.3 Å². The van der Waals surface area contributed by atoms with E-state index in [1.54, 1.807) is 6.92 Å². The largest absolute Gasteiger partial charge is 0.467 e. The lowest BCUT2D eigenvalue weighted by atomic mass is 9.82. The van der Waals surface area contributed by atoms with Crippen LogP contribution in [0.2, 0.25) is 0 Å². The van der Waals surface area contributed by atoms with Gasteiger partial charge in [0.25, 0.3) is 0 Å². The Labute approximate surface area is 95.9 Å². The van der Waals surface area contributed by atoms with Crippen molar-refractivity contribution >= 4 is 11.9 Å². The molecule has 1 aliphatic heterocycles. The maximum atomic E-state index is 12.0. The predicted molar refractivity (Wildman–Crippen MR) is 59.8 cm³/mol. The van der Waals surface area contributed by atoms with Gasteiger partial charge in [0, 0.05) is 6.54 Å². The summed E-state index contributed by atoms with van der Waals surface area (Å²) in [5, 5.41) is 5.88. The summed E-state index contributed by atoms with van der Waals surface area (Å²) in [5.74, 6) is -0.502. The van der Waals surface area contributed by atoms with Crippen molar-refractivity contribution in [2.45, 2.75) is 32.7 Å². The molecule has 1 saturated heterocycles. The van der Waals surface area contributed by atoms with Crippen LogP contribution in [-0.4, -0.2) is 38.1 Å². The van der Waals surface area contributed by atoms with Gasteiger partial charge in [-0.25, -0.2) is 4.79 Å². The molecule has 0 saturated carbocycles. The average molecular weight is 228 g/mol. The molecule has 0 bridgehead atoms. The standard InChI is InChI=1S/C11H20N2O3/c1-8(9(14)16-3)13-10(15)11(2)5-4-6-12-7-11/h8,12H,4-7H2,1-3H3,(H,13,15). The number of methoxy groups -OCH3 is 1. The van der Waals surface area contributed by atoms with Gasteiger partial charge in [0.15, 0.2) is 0 Å². The smallest absolute Gasteiger partial charge is 0.328 e. The van der Waals surface area contributed by atoms with E-state index in [-0.39, 0.29) is 5.91 Å². The van der Waals surface area contributed by atoms with Crippen LogP contribution in [0, 0.1) is 5.41 Å². The van der Waals surface area contributed by atoms with Gasteiger partial charge in [-0.1, -0.05) is 0 Å². The molecule has 0 spiro atoms. The first kappa shape index (κ1) is 13.0. The summed E-state index contributed by atoms with van der Waals surface area (Å²) in [6.07, 6.45) is 1.83. The van der Waals surface area contributed by atoms with E-state index < -0.39 is 17.4 Å². The molecule has 1 rings (SSSR count). The normalized spacial score (nSPS) is 26.9. The fourth-order valence-corrected chi connectivity index (χ4v) is 1.86. The first-order valence-electron chi connectivity index (χ1n) is 5.59. The van der Waals surface area contributed by atoms with Crippen molar-refractivity contribution in [3.63, 3.8) is 0 Å². The molecular formula is C11H20N2O3. The van der Waals surface area contributed by atoms with Crippen LogP contribution in [-0.2, 0) is 14.3 Å². The quantitative estimate of drug-likeness (QED) is 0.670. The SMILES string of the molecule is COC(=O)C(C)NC(=O)C1(C)CCCNC1. The van der Waals surface area contributed by atoms with Gasteiger partial charge in [0.05, 0.1) is 12.5 Å². The number of hydrogen-bond acceptors (Lipinski definition) is 4. The summed E-state index contributed by atoms with van der Waals surface area (Å²) in [5.41, 5.74) is -0.416. The Morgan fingerprint density at radius 3 is 2.69 bits per heavy atom. The fraction of sp³-hybridized carbons (Fsp3) is 0.818. The van der Waals surface area contributed by atoms with Crippen molar-refractivity contribution in [3.8, 4) is 0 Å². The van der Waals surface area contributed by atoms with E-state index >= 15 is 0 Å². The zero-order valence-electron chi connectivity index (χ0n) is 10.1. The van der Waals surface area contributed by atoms with E-state index in [9.17, 15) is 9.59 Å². The molecule has 2 atom stereocenters. The van der Waals surface area contributed by atoms with Crippen LogP contribution in [0.5, 0.6) is 0 Å². The van der Waals surface area contributed by atoms with Crippen molar-refractivity contribution in [1.29, 1.82) is 0 Å². The van der Waals surface area contributed by atoms with Crippen LogP contribution in [0.4, 0.5) is 0 Å². The van der Waals surface area contributed by atoms with Crippen LogP contribution in [0.15, 0.2) is 0 Å². The van der Waals surface area contributed by atoms with Crippen LogP contribution >= 0.6 is 0 Å². The van der Waals surface area contributed by atoms with Gasteiger partial charge in [0.1, 0.15) is 6.04 Å². The number of amides is 1. The van der Waals surface area contributed by atoms with Crippen LogP contribution < -0.4 is 10.6 Å². The molecule has 2 unspecified atom stereocenters. The molecule has 1 amide bonds. The molecule has 5 nitrogen and oxygen atoms in total. The Morgan fingerprint density at radius 1 is 1.50 bits per heavy atom. The molecule has 1 aliphatic rings. The van der Waals surface area contributed by atoms with E-state index in [2.05, 4.69) is 15.4 Å². The van der Waals surface area contributed by atoms with Gasteiger partial charge in [-0.05, 0) is 33.2 Å². The Morgan fingerprint density at radius 2 is 2.19 bits per heavy atom. The first-order chi connectivity index (χ1) is 7.49. The highest BCUT2D eigenvalue weighted by atomic mass is 16.5. The van der Waals surface area contributed by atoms with E-state index in [0.717, 1.165) is 19.4 Å². The summed E-state index contributed by atoms with van der Waals surface area (Å²) < 4.78 is 4.56. The minimum absolute atomic E-state index is 0.0856. The van der Waals surface area contributed by atoms with Gasteiger partial charge in [-0.15, -0.1) is 0 Å². The third-order valence-electron chi connectivity index (χ3n) is 3.05. The minimum atomic E-state index is -0.587. The number of carbonyl (C=O) groups excluding carboxylic acids is 2. The van der Waals surface area contributed by atoms with Gasteiger partial charge in [-0.2, -0.15) is 0 Å². The lowest BCUT2D eigenvalue weighted by Crippen LogP contribution is -2.52. The molecule has 0 aromatic carbocycles. The fourth-order valence-electron chi connectivity index (χ4n) is 1.86. The maximum absolute atomic E-state index is 12.0. The lowest BCUT2D eigenvalue weighted by Gasteiger charge is -2.33. The monoisotopic (exact) mass is 228 g/mol. The first-order valence-corrected chi connectivity index (χ1v) is 5.59. The van der Waals surface area contributed by atoms with E-state index in [1.165, 1.54) is 7.11 Å². The highest BCUT2D eigenvalue weighted by Crippen LogP contribution is 2.25. The van der Waals surface area contributed by atoms with Gasteiger partial charge < -0.3 is 15.4 Å². The van der Waals surface area contributed by atoms with Crippen molar-refractivity contribution in [2.24, 2.45) is 5.41 Å². The Balaban J connectivity index is 2.53. The molecule has 0 radical (unpaired) electrons. The molecule has 1 fully saturated rings. The number of ether oxygens (including phenoxy) is 1. The molecule has 0 aliphatic carbocycles. The van der Waals surface area contributed by atoms with Crippen LogP contribution in [0.1, 0.15) is 26.7 Å². The van der Waals surface area contributed by atoms with E-state index in [1.807, 2.05) is 6.92 Å². The number of hydrogen-bond donors (Lipinski definition) is 2. The van der Waals surface area contributed by atoms with E-state index in [4.69, 9.17) is 0 Å². The minimum Gasteiger partial charge on any atom is -0.467 e. The van der Waals surface area contributed by atoms with Crippen molar-refractivity contribution in [3.05, 3.63) is 0 Å². The van der Waals surface area contributed by atoms with Gasteiger partial charge >= 0.3 is 5.97 Å². The van der Waals surface area contributed by atoms with Crippen molar-refractivity contribution in [1.82, 2.24) is 10.6 Å². The number of rotatable bonds is 3. The van der Waals surface area contributed by atoms with Gasteiger partial charge in [-0.3, -0.25) is 4.79 Å². The van der Waals surface area contributed by atoms with Crippen molar-refractivity contribution in [2.75, 3.05) is 20.2 Å². The lowest BCUT2D eigenvalue weighted by molar-refractivity contribution is -0.146. The molecule has 1 heterocycles. The Bertz CT molecular complexity index is 272. The molecule has 2 N–H and O–H groups in total. The van der Waals surface area contributed by atoms with Gasteiger partial charge in [0.2, 0.25) is 5.91 Å². The number of esters is 1. The topological polar surface area (TPSA) is 67.4 Å². The number of nitrogens with one attached hydrogen (secondary N) is 2. The highest BCUT2D eigenvalue weighted by Gasteiger charge is 2.35. The molecule has 0 aromatic rings. The third-order valence-corrected chi connectivity index (χ3v) is 3.05. The second-order valence-corrected chi connectivity index (χ2v) is 4.56. The van der Waals surface area contributed by atoms with E-state index in [0.29, 0.717) is 6.54 Å². The third kappa shape index (κ3) is 2.95. The Hall–Kier alpha value is -1.10. The summed E-state index contributed by atoms with van der Waals surface area (Å²) in [6.45, 7) is 5.16. The zero-order valence-corrected chi connectivity index (χ0v) is 10.1. The average Bonchev–Trinajstić information content (AvgIpc) is 2.28. The summed E-state index contributed by atoms with van der Waals surface area (Å²) in [4.78, 5) is 23.2. The predicted octanol–water partition coefficient (Wildman–Crippen LogP) is 0.0538.